The monoisotopic (exact) mass is 275 g/mol. The zero-order valence-electron chi connectivity index (χ0n) is 12.0. The maximum atomic E-state index is 13.6. The molecule has 0 heterocycles. The lowest BCUT2D eigenvalue weighted by molar-refractivity contribution is 0.0925. The van der Waals surface area contributed by atoms with Crippen LogP contribution in [0, 0.1) is 23.6 Å². The van der Waals surface area contributed by atoms with Crippen LogP contribution < -0.4 is 0 Å². The molecule has 3 unspecified atom stereocenters. The first kappa shape index (κ1) is 13.7. The van der Waals surface area contributed by atoms with Crippen molar-refractivity contribution in [1.82, 2.24) is 4.90 Å². The van der Waals surface area contributed by atoms with Gasteiger partial charge in [-0.2, -0.15) is 0 Å². The molecule has 2 bridgehead atoms. The Kier molecular flexibility index (Phi) is 3.88. The van der Waals surface area contributed by atoms with Crippen molar-refractivity contribution in [3.8, 4) is 0 Å². The van der Waals surface area contributed by atoms with Crippen molar-refractivity contribution in [2.45, 2.75) is 25.7 Å². The Bertz CT molecular complexity index is 502. The Labute approximate surface area is 120 Å². The van der Waals surface area contributed by atoms with Gasteiger partial charge in [0, 0.05) is 6.54 Å². The fraction of sp³-hybridized carbons (Fsp3) is 0.588. The van der Waals surface area contributed by atoms with E-state index in [1.54, 1.807) is 18.2 Å². The van der Waals surface area contributed by atoms with Gasteiger partial charge >= 0.3 is 0 Å². The van der Waals surface area contributed by atoms with Crippen molar-refractivity contribution in [1.29, 1.82) is 0 Å². The van der Waals surface area contributed by atoms with Gasteiger partial charge in [-0.1, -0.05) is 18.6 Å². The Morgan fingerprint density at radius 1 is 1.30 bits per heavy atom. The number of carbonyl (C=O) groups is 1. The maximum absolute atomic E-state index is 13.6. The van der Waals surface area contributed by atoms with Crippen LogP contribution in [0.25, 0.3) is 0 Å². The first-order chi connectivity index (χ1) is 9.63. The molecule has 0 N–H and O–H groups in total. The molecule has 3 atom stereocenters. The number of halogens is 1. The van der Waals surface area contributed by atoms with Gasteiger partial charge < -0.3 is 0 Å². The highest BCUT2D eigenvalue weighted by molar-refractivity contribution is 5.97. The number of ketones is 1. The minimum absolute atomic E-state index is 0.117. The molecular weight excluding hydrogens is 253 g/mol. The molecule has 2 nitrogen and oxygen atoms in total. The van der Waals surface area contributed by atoms with Gasteiger partial charge in [0.1, 0.15) is 5.82 Å². The number of hydrogen-bond donors (Lipinski definition) is 0. The predicted octanol–water partition coefficient (Wildman–Crippen LogP) is 3.38. The van der Waals surface area contributed by atoms with Gasteiger partial charge in [0.25, 0.3) is 0 Å². The molecule has 0 aliphatic heterocycles. The molecule has 20 heavy (non-hydrogen) atoms. The van der Waals surface area contributed by atoms with Crippen molar-refractivity contribution < 1.29 is 9.18 Å². The van der Waals surface area contributed by atoms with E-state index in [4.69, 9.17) is 0 Å². The molecule has 0 spiro atoms. The molecule has 2 aliphatic rings. The molecule has 2 aliphatic carbocycles. The number of likely N-dealkylation sites (N-methyl/N-ethyl adjacent to an activating group) is 1. The van der Waals surface area contributed by atoms with Crippen LogP contribution in [0.15, 0.2) is 24.3 Å². The Morgan fingerprint density at radius 3 is 2.75 bits per heavy atom. The summed E-state index contributed by atoms with van der Waals surface area (Å²) in [4.78, 5) is 14.2. The summed E-state index contributed by atoms with van der Waals surface area (Å²) in [6.07, 6.45) is 5.48. The summed E-state index contributed by atoms with van der Waals surface area (Å²) in [7, 11) is 1.98. The Balaban J connectivity index is 1.55. The summed E-state index contributed by atoms with van der Waals surface area (Å²) >= 11 is 0. The highest BCUT2D eigenvalue weighted by Crippen LogP contribution is 2.48. The normalized spacial score (nSPS) is 28.2. The summed E-state index contributed by atoms with van der Waals surface area (Å²) < 4.78 is 13.6. The second-order valence-corrected chi connectivity index (χ2v) is 6.53. The molecule has 0 aromatic heterocycles. The van der Waals surface area contributed by atoms with E-state index in [2.05, 4.69) is 4.90 Å². The summed E-state index contributed by atoms with van der Waals surface area (Å²) in [5.74, 6) is 2.01. The maximum Gasteiger partial charge on any atom is 0.179 e. The number of fused-ring (bicyclic) bond motifs is 2. The number of benzene rings is 1. The second-order valence-electron chi connectivity index (χ2n) is 6.53. The van der Waals surface area contributed by atoms with Gasteiger partial charge in [-0.15, -0.1) is 0 Å². The topological polar surface area (TPSA) is 20.3 Å². The fourth-order valence-corrected chi connectivity index (χ4v) is 4.08. The van der Waals surface area contributed by atoms with Gasteiger partial charge in [-0.3, -0.25) is 9.69 Å². The minimum atomic E-state index is -0.411. The molecule has 2 fully saturated rings. The van der Waals surface area contributed by atoms with Crippen molar-refractivity contribution >= 4 is 5.78 Å². The molecule has 2 saturated carbocycles. The van der Waals surface area contributed by atoms with Crippen molar-refractivity contribution in [2.24, 2.45) is 17.8 Å². The van der Waals surface area contributed by atoms with Crippen LogP contribution in [-0.2, 0) is 0 Å². The highest BCUT2D eigenvalue weighted by atomic mass is 19.1. The summed E-state index contributed by atoms with van der Waals surface area (Å²) in [6.45, 7) is 1.29. The third-order valence-corrected chi connectivity index (χ3v) is 5.02. The Morgan fingerprint density at radius 2 is 2.10 bits per heavy atom. The van der Waals surface area contributed by atoms with Crippen LogP contribution in [0.3, 0.4) is 0 Å². The number of Topliss-reactive ketones (excluding diaryl/α,β-unsaturated/α-hetero) is 1. The zero-order chi connectivity index (χ0) is 14.1. The van der Waals surface area contributed by atoms with Crippen LogP contribution in [0.1, 0.15) is 36.0 Å². The summed E-state index contributed by atoms with van der Waals surface area (Å²) in [5, 5.41) is 0. The number of carbonyl (C=O) groups excluding carboxylic acids is 1. The number of nitrogens with zero attached hydrogens (tertiary/aromatic N) is 1. The van der Waals surface area contributed by atoms with Crippen LogP contribution >= 0.6 is 0 Å². The van der Waals surface area contributed by atoms with Crippen LogP contribution in [0.5, 0.6) is 0 Å². The molecule has 0 saturated heterocycles. The average molecular weight is 275 g/mol. The third-order valence-electron chi connectivity index (χ3n) is 5.02. The van der Waals surface area contributed by atoms with Gasteiger partial charge in [-0.05, 0) is 56.2 Å². The quantitative estimate of drug-likeness (QED) is 0.768. The number of hydrogen-bond acceptors (Lipinski definition) is 2. The molecular formula is C17H22FNO. The molecule has 0 radical (unpaired) electrons. The lowest BCUT2D eigenvalue weighted by Crippen LogP contribution is -2.33. The smallest absolute Gasteiger partial charge is 0.179 e. The molecule has 3 heteroatoms. The first-order valence-electron chi connectivity index (χ1n) is 7.59. The van der Waals surface area contributed by atoms with E-state index in [0.717, 1.165) is 24.3 Å². The van der Waals surface area contributed by atoms with E-state index in [9.17, 15) is 9.18 Å². The molecule has 108 valence electrons. The molecule has 3 rings (SSSR count). The summed E-state index contributed by atoms with van der Waals surface area (Å²) in [5.41, 5.74) is 0.215. The van der Waals surface area contributed by atoms with Crippen LogP contribution in [0.4, 0.5) is 4.39 Å². The van der Waals surface area contributed by atoms with E-state index in [1.165, 1.54) is 31.7 Å². The third kappa shape index (κ3) is 2.78. The molecule has 0 amide bonds. The summed E-state index contributed by atoms with van der Waals surface area (Å²) in [6, 6.07) is 6.25. The average Bonchev–Trinajstić information content (AvgIpc) is 3.01. The molecule has 1 aromatic carbocycles. The van der Waals surface area contributed by atoms with E-state index >= 15 is 0 Å². The Hall–Kier alpha value is -1.22. The first-order valence-corrected chi connectivity index (χ1v) is 7.59. The number of rotatable bonds is 5. The highest BCUT2D eigenvalue weighted by Gasteiger charge is 2.39. The minimum Gasteiger partial charge on any atom is -0.299 e. The van der Waals surface area contributed by atoms with E-state index in [0.29, 0.717) is 6.54 Å². The van der Waals surface area contributed by atoms with Gasteiger partial charge in [-0.25, -0.2) is 4.39 Å². The SMILES string of the molecule is CN(CC(=O)c1ccccc1F)CC1CC2CCC1C2. The van der Waals surface area contributed by atoms with Gasteiger partial charge in [0.2, 0.25) is 0 Å². The van der Waals surface area contributed by atoms with E-state index < -0.39 is 5.82 Å². The van der Waals surface area contributed by atoms with Crippen molar-refractivity contribution in [3.63, 3.8) is 0 Å². The fourth-order valence-electron chi connectivity index (χ4n) is 4.08. The largest absolute Gasteiger partial charge is 0.299 e. The standard InChI is InChI=1S/C17H22FNO/c1-19(10-14-9-12-6-7-13(14)8-12)11-17(20)15-4-2-3-5-16(15)18/h2-5,12-14H,6-11H2,1H3. The second kappa shape index (κ2) is 5.65. The predicted molar refractivity (Wildman–Crippen MR) is 77.2 cm³/mol. The van der Waals surface area contributed by atoms with Gasteiger partial charge in [0.05, 0.1) is 12.1 Å². The molecule has 1 aromatic rings. The lowest BCUT2D eigenvalue weighted by atomic mass is 9.88. The zero-order valence-corrected chi connectivity index (χ0v) is 12.0. The van der Waals surface area contributed by atoms with Crippen molar-refractivity contribution in [3.05, 3.63) is 35.6 Å². The van der Waals surface area contributed by atoms with E-state index in [1.807, 2.05) is 7.05 Å². The van der Waals surface area contributed by atoms with Crippen molar-refractivity contribution in [2.75, 3.05) is 20.1 Å². The van der Waals surface area contributed by atoms with Crippen LogP contribution in [0.2, 0.25) is 0 Å². The van der Waals surface area contributed by atoms with Gasteiger partial charge in [0.15, 0.2) is 5.78 Å². The van der Waals surface area contributed by atoms with E-state index in [-0.39, 0.29) is 11.3 Å². The lowest BCUT2D eigenvalue weighted by Gasteiger charge is -2.26. The van der Waals surface area contributed by atoms with Crippen LogP contribution in [-0.4, -0.2) is 30.8 Å².